The molecular formula is C21H15Cl2NO2S. The summed E-state index contributed by atoms with van der Waals surface area (Å²) in [7, 11) is 0. The molecule has 0 radical (unpaired) electrons. The smallest absolute Gasteiger partial charge is 0.257 e. The zero-order valence-electron chi connectivity index (χ0n) is 14.1. The normalized spacial score (nSPS) is 10.4. The largest absolute Gasteiger partial charge is 0.322 e. The fourth-order valence-electron chi connectivity index (χ4n) is 2.39. The lowest BCUT2D eigenvalue weighted by atomic mass is 10.2. The summed E-state index contributed by atoms with van der Waals surface area (Å²) in [6, 6.07) is 21.2. The van der Waals surface area contributed by atoms with E-state index in [-0.39, 0.29) is 11.7 Å². The van der Waals surface area contributed by atoms with E-state index in [0.717, 1.165) is 4.90 Å². The van der Waals surface area contributed by atoms with Crippen molar-refractivity contribution in [3.8, 4) is 0 Å². The van der Waals surface area contributed by atoms with Gasteiger partial charge in [0, 0.05) is 21.2 Å². The molecule has 3 rings (SSSR count). The number of nitrogens with one attached hydrogen (secondary N) is 1. The van der Waals surface area contributed by atoms with Crippen LogP contribution in [-0.2, 0) is 0 Å². The molecule has 0 fully saturated rings. The Morgan fingerprint density at radius 1 is 0.889 bits per heavy atom. The maximum absolute atomic E-state index is 12.4. The predicted molar refractivity (Wildman–Crippen MR) is 112 cm³/mol. The van der Waals surface area contributed by atoms with Crippen LogP contribution in [0, 0.1) is 0 Å². The van der Waals surface area contributed by atoms with Gasteiger partial charge in [-0.3, -0.25) is 9.59 Å². The van der Waals surface area contributed by atoms with E-state index in [1.54, 1.807) is 30.3 Å². The molecule has 0 atom stereocenters. The summed E-state index contributed by atoms with van der Waals surface area (Å²) >= 11 is 13.4. The average Bonchev–Trinajstić information content (AvgIpc) is 2.67. The maximum Gasteiger partial charge on any atom is 0.257 e. The van der Waals surface area contributed by atoms with Crippen molar-refractivity contribution in [2.45, 2.75) is 4.90 Å². The summed E-state index contributed by atoms with van der Waals surface area (Å²) < 4.78 is 0. The zero-order chi connectivity index (χ0) is 19.2. The van der Waals surface area contributed by atoms with Crippen molar-refractivity contribution in [2.24, 2.45) is 0 Å². The van der Waals surface area contributed by atoms with Crippen molar-refractivity contribution in [1.82, 2.24) is 0 Å². The van der Waals surface area contributed by atoms with Crippen LogP contribution in [0.5, 0.6) is 0 Å². The highest BCUT2D eigenvalue weighted by Gasteiger charge is 2.12. The molecule has 0 heterocycles. The van der Waals surface area contributed by atoms with Gasteiger partial charge in [0.1, 0.15) is 0 Å². The first-order chi connectivity index (χ1) is 13.0. The Bertz CT molecular complexity index is 977. The summed E-state index contributed by atoms with van der Waals surface area (Å²) in [5.41, 5.74) is 1.66. The molecule has 1 N–H and O–H groups in total. The average molecular weight is 416 g/mol. The quantitative estimate of drug-likeness (QED) is 0.383. The minimum Gasteiger partial charge on any atom is -0.322 e. The minimum atomic E-state index is -0.320. The molecule has 0 saturated carbocycles. The van der Waals surface area contributed by atoms with Crippen molar-refractivity contribution < 1.29 is 9.59 Å². The van der Waals surface area contributed by atoms with Crippen molar-refractivity contribution in [1.29, 1.82) is 0 Å². The first-order valence-corrected chi connectivity index (χ1v) is 9.84. The van der Waals surface area contributed by atoms with Crippen LogP contribution in [0.3, 0.4) is 0 Å². The van der Waals surface area contributed by atoms with Crippen molar-refractivity contribution in [2.75, 3.05) is 11.1 Å². The van der Waals surface area contributed by atoms with E-state index >= 15 is 0 Å². The highest BCUT2D eigenvalue weighted by atomic mass is 35.5. The van der Waals surface area contributed by atoms with Gasteiger partial charge in [0.2, 0.25) is 0 Å². The van der Waals surface area contributed by atoms with Gasteiger partial charge in [-0.05, 0) is 36.4 Å². The topological polar surface area (TPSA) is 46.2 Å². The Morgan fingerprint density at radius 3 is 2.41 bits per heavy atom. The summed E-state index contributed by atoms with van der Waals surface area (Å²) in [5.74, 6) is 0.0619. The van der Waals surface area contributed by atoms with E-state index in [9.17, 15) is 9.59 Å². The summed E-state index contributed by atoms with van der Waals surface area (Å²) in [4.78, 5) is 25.5. The van der Waals surface area contributed by atoms with Gasteiger partial charge in [-0.25, -0.2) is 0 Å². The van der Waals surface area contributed by atoms with E-state index < -0.39 is 0 Å². The predicted octanol–water partition coefficient (Wildman–Crippen LogP) is 6.22. The number of rotatable bonds is 6. The lowest BCUT2D eigenvalue weighted by molar-refractivity contribution is 0.101. The molecule has 3 nitrogen and oxygen atoms in total. The molecule has 1 amide bonds. The number of amides is 1. The highest BCUT2D eigenvalue weighted by Crippen LogP contribution is 2.25. The number of carbonyl (C=O) groups is 2. The lowest BCUT2D eigenvalue weighted by Gasteiger charge is -2.09. The van der Waals surface area contributed by atoms with Crippen molar-refractivity contribution in [3.63, 3.8) is 0 Å². The van der Waals surface area contributed by atoms with Gasteiger partial charge in [-0.15, -0.1) is 11.8 Å². The molecule has 0 spiro atoms. The fraction of sp³-hybridized carbons (Fsp3) is 0.0476. The Kier molecular flexibility index (Phi) is 6.56. The third kappa shape index (κ3) is 5.36. The van der Waals surface area contributed by atoms with Crippen LogP contribution in [0.4, 0.5) is 5.69 Å². The summed E-state index contributed by atoms with van der Waals surface area (Å²) in [6.45, 7) is 0. The molecule has 0 aliphatic heterocycles. The fourth-order valence-corrected chi connectivity index (χ4v) is 3.74. The van der Waals surface area contributed by atoms with E-state index in [4.69, 9.17) is 23.2 Å². The number of hydrogen-bond acceptors (Lipinski definition) is 3. The standard InChI is InChI=1S/C21H15Cl2NO2S/c22-15-9-10-18(19(23)11-15)21(26)24-16-7-4-8-17(12-16)27-13-20(25)14-5-2-1-3-6-14/h1-12H,13H2,(H,24,26). The molecule has 6 heteroatoms. The van der Waals surface area contributed by atoms with Crippen LogP contribution in [0.25, 0.3) is 0 Å². The van der Waals surface area contributed by atoms with Crippen LogP contribution < -0.4 is 5.32 Å². The number of hydrogen-bond donors (Lipinski definition) is 1. The highest BCUT2D eigenvalue weighted by molar-refractivity contribution is 8.00. The maximum atomic E-state index is 12.4. The van der Waals surface area contributed by atoms with Gasteiger partial charge in [0.05, 0.1) is 16.3 Å². The van der Waals surface area contributed by atoms with Gasteiger partial charge in [-0.2, -0.15) is 0 Å². The Morgan fingerprint density at radius 2 is 1.67 bits per heavy atom. The number of Topliss-reactive ketones (excluding diaryl/α,β-unsaturated/α-hetero) is 1. The van der Waals surface area contributed by atoms with Crippen molar-refractivity contribution in [3.05, 3.63) is 94.0 Å². The molecule has 0 saturated heterocycles. The van der Waals surface area contributed by atoms with E-state index in [1.807, 2.05) is 36.4 Å². The molecular weight excluding hydrogens is 401 g/mol. The number of benzene rings is 3. The van der Waals surface area contributed by atoms with Crippen LogP contribution in [-0.4, -0.2) is 17.4 Å². The number of thioether (sulfide) groups is 1. The molecule has 27 heavy (non-hydrogen) atoms. The van der Waals surface area contributed by atoms with Crippen molar-refractivity contribution >= 4 is 52.3 Å². The van der Waals surface area contributed by atoms with Gasteiger partial charge in [0.25, 0.3) is 5.91 Å². The van der Waals surface area contributed by atoms with Crippen LogP contribution >= 0.6 is 35.0 Å². The first-order valence-electron chi connectivity index (χ1n) is 8.10. The summed E-state index contributed by atoms with van der Waals surface area (Å²) in [6.07, 6.45) is 0. The van der Waals surface area contributed by atoms with Crippen LogP contribution in [0.15, 0.2) is 77.7 Å². The van der Waals surface area contributed by atoms with E-state index in [2.05, 4.69) is 5.32 Å². The third-order valence-corrected chi connectivity index (χ3v) is 5.27. The van der Waals surface area contributed by atoms with E-state index in [1.165, 1.54) is 17.8 Å². The minimum absolute atomic E-state index is 0.0583. The van der Waals surface area contributed by atoms with E-state index in [0.29, 0.717) is 32.6 Å². The van der Waals surface area contributed by atoms with Gasteiger partial charge < -0.3 is 5.32 Å². The zero-order valence-corrected chi connectivity index (χ0v) is 16.4. The molecule has 136 valence electrons. The number of anilines is 1. The lowest BCUT2D eigenvalue weighted by Crippen LogP contribution is -2.12. The molecule has 3 aromatic rings. The molecule has 0 aliphatic rings. The second-order valence-corrected chi connectivity index (χ2v) is 7.58. The van der Waals surface area contributed by atoms with Crippen LogP contribution in [0.2, 0.25) is 10.0 Å². The molecule has 0 bridgehead atoms. The molecule has 0 unspecified atom stereocenters. The third-order valence-electron chi connectivity index (χ3n) is 3.73. The SMILES string of the molecule is O=C(CSc1cccc(NC(=O)c2ccc(Cl)cc2Cl)c1)c1ccccc1. The number of halogens is 2. The second-order valence-electron chi connectivity index (χ2n) is 5.68. The second kappa shape index (κ2) is 9.09. The molecule has 0 aromatic heterocycles. The molecule has 3 aromatic carbocycles. The Balaban J connectivity index is 1.65. The number of carbonyl (C=O) groups excluding carboxylic acids is 2. The Labute approximate surface area is 171 Å². The van der Waals surface area contributed by atoms with Crippen LogP contribution in [0.1, 0.15) is 20.7 Å². The van der Waals surface area contributed by atoms with Gasteiger partial charge in [0.15, 0.2) is 5.78 Å². The monoisotopic (exact) mass is 415 g/mol. The van der Waals surface area contributed by atoms with Gasteiger partial charge >= 0.3 is 0 Å². The first kappa shape index (κ1) is 19.5. The Hall–Kier alpha value is -2.27. The molecule has 0 aliphatic carbocycles. The number of ketones is 1. The summed E-state index contributed by atoms with van der Waals surface area (Å²) in [5, 5.41) is 3.57. The van der Waals surface area contributed by atoms with Gasteiger partial charge in [-0.1, -0.05) is 59.6 Å².